The van der Waals surface area contributed by atoms with E-state index in [0.29, 0.717) is 13.0 Å². The molecule has 0 aliphatic carbocycles. The van der Waals surface area contributed by atoms with E-state index in [2.05, 4.69) is 16.9 Å². The van der Waals surface area contributed by atoms with Gasteiger partial charge in [0, 0.05) is 6.92 Å². The van der Waals surface area contributed by atoms with E-state index in [1.807, 2.05) is 58.9 Å². The van der Waals surface area contributed by atoms with E-state index in [4.69, 9.17) is 0 Å². The van der Waals surface area contributed by atoms with Gasteiger partial charge >= 0.3 is 11.9 Å². The van der Waals surface area contributed by atoms with Crippen LogP contribution in [0.1, 0.15) is 60.6 Å². The minimum atomic E-state index is -0.991. The quantitative estimate of drug-likeness (QED) is 0.713. The molecule has 0 bridgehead atoms. The predicted octanol–water partition coefficient (Wildman–Crippen LogP) is 5.27. The van der Waals surface area contributed by atoms with Crippen molar-refractivity contribution in [3.63, 3.8) is 0 Å². The third-order valence-electron chi connectivity index (χ3n) is 4.93. The fourth-order valence-corrected chi connectivity index (χ4v) is 3.70. The SMILES string of the molecule is CCC(C(=O)O)(c1ccc(C)cc1C)c1ccc(C)cc1C.CCOC(C)=O. The zero-order valence-electron chi connectivity index (χ0n) is 18.1. The number of aliphatic carboxylic acids is 1. The lowest BCUT2D eigenvalue weighted by atomic mass is 9.69. The van der Waals surface area contributed by atoms with Gasteiger partial charge in [-0.15, -0.1) is 0 Å². The summed E-state index contributed by atoms with van der Waals surface area (Å²) in [5.74, 6) is -0.994. The van der Waals surface area contributed by atoms with Crippen molar-refractivity contribution in [2.45, 2.75) is 60.3 Å². The van der Waals surface area contributed by atoms with Crippen LogP contribution >= 0.6 is 0 Å². The van der Waals surface area contributed by atoms with E-state index < -0.39 is 11.4 Å². The largest absolute Gasteiger partial charge is 0.480 e. The molecule has 0 atom stereocenters. The molecule has 1 N–H and O–H groups in total. The Morgan fingerprint density at radius 1 is 0.893 bits per heavy atom. The first-order chi connectivity index (χ1) is 13.1. The molecule has 0 aromatic heterocycles. The topological polar surface area (TPSA) is 63.6 Å². The van der Waals surface area contributed by atoms with Crippen molar-refractivity contribution in [3.05, 3.63) is 69.8 Å². The summed E-state index contributed by atoms with van der Waals surface area (Å²) in [4.78, 5) is 22.1. The average Bonchev–Trinajstić information content (AvgIpc) is 2.59. The zero-order chi connectivity index (χ0) is 21.5. The van der Waals surface area contributed by atoms with Crippen LogP contribution in [-0.4, -0.2) is 23.7 Å². The van der Waals surface area contributed by atoms with Crippen LogP contribution in [0.25, 0.3) is 0 Å². The van der Waals surface area contributed by atoms with Crippen molar-refractivity contribution in [2.24, 2.45) is 0 Å². The molecule has 2 aromatic rings. The van der Waals surface area contributed by atoms with Crippen LogP contribution in [0.5, 0.6) is 0 Å². The van der Waals surface area contributed by atoms with E-state index in [-0.39, 0.29) is 5.97 Å². The molecule has 0 saturated heterocycles. The second-order valence-corrected chi connectivity index (χ2v) is 7.13. The second-order valence-electron chi connectivity index (χ2n) is 7.13. The summed E-state index contributed by atoms with van der Waals surface area (Å²) in [6.45, 7) is 13.7. The lowest BCUT2D eigenvalue weighted by molar-refractivity contribution is -0.142. The van der Waals surface area contributed by atoms with Crippen LogP contribution in [-0.2, 0) is 19.7 Å². The van der Waals surface area contributed by atoms with Crippen LogP contribution in [0.15, 0.2) is 36.4 Å². The smallest absolute Gasteiger partial charge is 0.318 e. The standard InChI is InChI=1S/C20H24O2.C4H8O2/c1-6-20(19(21)22,17-9-7-13(2)11-15(17)4)18-10-8-14(3)12-16(18)5;1-3-6-4(2)5/h7-12H,6H2,1-5H3,(H,21,22);3H2,1-2H3. The lowest BCUT2D eigenvalue weighted by Crippen LogP contribution is -2.38. The Bertz CT molecular complexity index is 785. The molecule has 152 valence electrons. The Balaban J connectivity index is 0.000000568. The fourth-order valence-electron chi connectivity index (χ4n) is 3.70. The highest BCUT2D eigenvalue weighted by atomic mass is 16.5. The maximum absolute atomic E-state index is 12.3. The van der Waals surface area contributed by atoms with Crippen LogP contribution < -0.4 is 0 Å². The highest BCUT2D eigenvalue weighted by Gasteiger charge is 2.42. The molecule has 4 nitrogen and oxygen atoms in total. The number of benzene rings is 2. The Morgan fingerprint density at radius 2 is 1.32 bits per heavy atom. The summed E-state index contributed by atoms with van der Waals surface area (Å²) in [5, 5.41) is 10.1. The van der Waals surface area contributed by atoms with Gasteiger partial charge in [0.15, 0.2) is 0 Å². The fraction of sp³-hybridized carbons (Fsp3) is 0.417. The van der Waals surface area contributed by atoms with Gasteiger partial charge in [0.1, 0.15) is 5.41 Å². The maximum Gasteiger partial charge on any atom is 0.318 e. The van der Waals surface area contributed by atoms with Crippen molar-refractivity contribution in [1.82, 2.24) is 0 Å². The first-order valence-corrected chi connectivity index (χ1v) is 9.62. The molecule has 4 heteroatoms. The molecule has 0 saturated carbocycles. The molecular weight excluding hydrogens is 352 g/mol. The molecule has 0 aliphatic rings. The number of esters is 1. The molecule has 0 aliphatic heterocycles. The summed E-state index contributed by atoms with van der Waals surface area (Å²) in [6.07, 6.45) is 0.524. The van der Waals surface area contributed by atoms with Gasteiger partial charge in [-0.2, -0.15) is 0 Å². The van der Waals surface area contributed by atoms with E-state index in [9.17, 15) is 14.7 Å². The minimum absolute atomic E-state index is 0.211. The van der Waals surface area contributed by atoms with Crippen LogP contribution in [0.4, 0.5) is 0 Å². The van der Waals surface area contributed by atoms with Gasteiger partial charge in [0.2, 0.25) is 0 Å². The normalized spacial score (nSPS) is 10.7. The highest BCUT2D eigenvalue weighted by Crippen LogP contribution is 2.39. The summed E-state index contributed by atoms with van der Waals surface area (Å²) < 4.78 is 4.40. The van der Waals surface area contributed by atoms with Crippen LogP contribution in [0, 0.1) is 27.7 Å². The molecule has 2 rings (SSSR count). The van der Waals surface area contributed by atoms with Crippen LogP contribution in [0.3, 0.4) is 0 Å². The molecule has 0 spiro atoms. The predicted molar refractivity (Wildman–Crippen MR) is 113 cm³/mol. The summed E-state index contributed by atoms with van der Waals surface area (Å²) in [7, 11) is 0. The van der Waals surface area contributed by atoms with Gasteiger partial charge in [-0.1, -0.05) is 54.4 Å². The second kappa shape index (κ2) is 10.1. The summed E-state index contributed by atoms with van der Waals surface area (Å²) in [6, 6.07) is 12.1. The third-order valence-corrected chi connectivity index (χ3v) is 4.93. The van der Waals surface area contributed by atoms with Gasteiger partial charge < -0.3 is 9.84 Å². The molecule has 0 fully saturated rings. The summed E-state index contributed by atoms with van der Waals surface area (Å²) >= 11 is 0. The van der Waals surface area contributed by atoms with Crippen LogP contribution in [0.2, 0.25) is 0 Å². The molecule has 28 heavy (non-hydrogen) atoms. The van der Waals surface area contributed by atoms with Crippen molar-refractivity contribution < 1.29 is 19.4 Å². The number of ether oxygens (including phenoxy) is 1. The minimum Gasteiger partial charge on any atom is -0.480 e. The Labute approximate surface area is 168 Å². The molecule has 0 radical (unpaired) electrons. The highest BCUT2D eigenvalue weighted by molar-refractivity contribution is 5.87. The van der Waals surface area contributed by atoms with Gasteiger partial charge in [0.25, 0.3) is 0 Å². The van der Waals surface area contributed by atoms with Crippen molar-refractivity contribution in [3.8, 4) is 0 Å². The first kappa shape index (κ1) is 23.4. The van der Waals surface area contributed by atoms with E-state index >= 15 is 0 Å². The zero-order valence-corrected chi connectivity index (χ0v) is 18.1. The Hall–Kier alpha value is -2.62. The number of carbonyl (C=O) groups excluding carboxylic acids is 1. The Morgan fingerprint density at radius 3 is 1.54 bits per heavy atom. The number of hydrogen-bond donors (Lipinski definition) is 1. The first-order valence-electron chi connectivity index (χ1n) is 9.62. The molecule has 0 heterocycles. The molecule has 0 unspecified atom stereocenters. The van der Waals surface area contributed by atoms with E-state index in [1.54, 1.807) is 6.92 Å². The molecule has 2 aromatic carbocycles. The average molecular weight is 385 g/mol. The van der Waals surface area contributed by atoms with Gasteiger partial charge in [-0.05, 0) is 63.3 Å². The van der Waals surface area contributed by atoms with Gasteiger partial charge in [-0.25, -0.2) is 0 Å². The third kappa shape index (κ3) is 5.22. The number of carboxylic acid groups (broad SMARTS) is 1. The molecular formula is C24H32O4. The lowest BCUT2D eigenvalue weighted by Gasteiger charge is -2.32. The number of carboxylic acids is 1. The number of hydrogen-bond acceptors (Lipinski definition) is 3. The van der Waals surface area contributed by atoms with E-state index in [1.165, 1.54) is 6.92 Å². The van der Waals surface area contributed by atoms with Crippen molar-refractivity contribution in [2.75, 3.05) is 6.61 Å². The molecule has 0 amide bonds. The Kier molecular flexibility index (Phi) is 8.42. The number of rotatable bonds is 5. The maximum atomic E-state index is 12.3. The van der Waals surface area contributed by atoms with Gasteiger partial charge in [0.05, 0.1) is 6.61 Å². The monoisotopic (exact) mass is 384 g/mol. The van der Waals surface area contributed by atoms with Crippen molar-refractivity contribution >= 4 is 11.9 Å². The summed E-state index contributed by atoms with van der Waals surface area (Å²) in [5.41, 5.74) is 5.15. The number of carbonyl (C=O) groups is 2. The number of aryl methyl sites for hydroxylation is 4. The van der Waals surface area contributed by atoms with Gasteiger partial charge in [-0.3, -0.25) is 9.59 Å². The van der Waals surface area contributed by atoms with Crippen molar-refractivity contribution in [1.29, 1.82) is 0 Å². The van der Waals surface area contributed by atoms with E-state index in [0.717, 1.165) is 33.4 Å².